The molecule has 6 nitrogen and oxygen atoms in total. The van der Waals surface area contributed by atoms with E-state index in [1.165, 1.54) is 42.5 Å². The van der Waals surface area contributed by atoms with Gasteiger partial charge in [-0.15, -0.1) is 13.2 Å². The molecule has 1 aliphatic carbocycles. The third kappa shape index (κ3) is 4.53. The molecule has 2 aliphatic rings. The zero-order valence-electron chi connectivity index (χ0n) is 18.4. The van der Waals surface area contributed by atoms with Crippen molar-refractivity contribution in [3.8, 4) is 28.4 Å². The second-order valence-electron chi connectivity index (χ2n) is 8.57. The van der Waals surface area contributed by atoms with Gasteiger partial charge in [-0.05, 0) is 65.9 Å². The van der Waals surface area contributed by atoms with Gasteiger partial charge < -0.3 is 19.9 Å². The molecule has 180 valence electrons. The second kappa shape index (κ2) is 8.33. The van der Waals surface area contributed by atoms with Crippen LogP contribution in [0.25, 0.3) is 11.1 Å². The van der Waals surface area contributed by atoms with Crippen LogP contribution < -0.4 is 19.9 Å². The summed E-state index contributed by atoms with van der Waals surface area (Å²) in [6.07, 6.45) is -3.49. The highest BCUT2D eigenvalue weighted by molar-refractivity contribution is 5.95. The van der Waals surface area contributed by atoms with Crippen molar-refractivity contribution in [2.45, 2.75) is 31.0 Å². The van der Waals surface area contributed by atoms with Gasteiger partial charge in [0.05, 0.1) is 5.41 Å². The Morgan fingerprint density at radius 2 is 1.66 bits per heavy atom. The summed E-state index contributed by atoms with van der Waals surface area (Å²) < 4.78 is 54.0. The Bertz CT molecular complexity index is 1310. The summed E-state index contributed by atoms with van der Waals surface area (Å²) in [4.78, 5) is 24.7. The third-order valence-corrected chi connectivity index (χ3v) is 6.32. The lowest BCUT2D eigenvalue weighted by Crippen LogP contribution is -2.22. The number of amides is 1. The van der Waals surface area contributed by atoms with Crippen LogP contribution in [0.2, 0.25) is 0 Å². The predicted octanol–water partition coefficient (Wildman–Crippen LogP) is 4.92. The second-order valence-corrected chi connectivity index (χ2v) is 8.57. The van der Waals surface area contributed by atoms with E-state index < -0.39 is 23.4 Å². The van der Waals surface area contributed by atoms with E-state index in [9.17, 15) is 22.8 Å². The SMILES string of the molecule is NC(=O)c1ccc(-c2cc(CC(=O)C3(c4ccc5c(c4)OCO5)CC3)ccc2OC(F)(F)F)cc1. The van der Waals surface area contributed by atoms with Crippen LogP contribution in [0.5, 0.6) is 17.2 Å². The maximum Gasteiger partial charge on any atom is 0.573 e. The van der Waals surface area contributed by atoms with Gasteiger partial charge in [0.25, 0.3) is 0 Å². The van der Waals surface area contributed by atoms with Gasteiger partial charge >= 0.3 is 6.36 Å². The summed E-state index contributed by atoms with van der Waals surface area (Å²) in [6.45, 7) is 0.134. The van der Waals surface area contributed by atoms with E-state index in [2.05, 4.69) is 4.74 Å². The first-order valence-corrected chi connectivity index (χ1v) is 10.9. The lowest BCUT2D eigenvalue weighted by Gasteiger charge is -2.17. The number of ether oxygens (including phenoxy) is 3. The molecule has 2 N–H and O–H groups in total. The molecule has 0 aromatic heterocycles. The van der Waals surface area contributed by atoms with Crippen LogP contribution in [0.3, 0.4) is 0 Å². The molecule has 0 radical (unpaired) electrons. The number of primary amides is 1. The Morgan fingerprint density at radius 1 is 0.943 bits per heavy atom. The van der Waals surface area contributed by atoms with Crippen LogP contribution >= 0.6 is 0 Å². The average Bonchev–Trinajstić information content (AvgIpc) is 3.50. The number of halogens is 3. The molecule has 9 heteroatoms. The van der Waals surface area contributed by atoms with E-state index >= 15 is 0 Å². The summed E-state index contributed by atoms with van der Waals surface area (Å²) >= 11 is 0. The van der Waals surface area contributed by atoms with Crippen LogP contribution in [0.15, 0.2) is 60.7 Å². The minimum atomic E-state index is -4.89. The number of hydrogen-bond acceptors (Lipinski definition) is 5. The Kier molecular flexibility index (Phi) is 5.42. The number of nitrogens with two attached hydrogens (primary N) is 1. The Hall–Kier alpha value is -4.01. The molecule has 0 unspecified atom stereocenters. The highest BCUT2D eigenvalue weighted by atomic mass is 19.4. The molecular weight excluding hydrogens is 463 g/mol. The molecule has 1 saturated carbocycles. The van der Waals surface area contributed by atoms with Gasteiger partial charge in [0.15, 0.2) is 11.5 Å². The molecule has 0 saturated heterocycles. The van der Waals surface area contributed by atoms with Gasteiger partial charge in [0.1, 0.15) is 11.5 Å². The third-order valence-electron chi connectivity index (χ3n) is 6.32. The molecule has 3 aromatic rings. The summed E-state index contributed by atoms with van der Waals surface area (Å²) in [5.41, 5.74) is 6.75. The topological polar surface area (TPSA) is 87.9 Å². The lowest BCUT2D eigenvalue weighted by molar-refractivity contribution is -0.274. The maximum atomic E-state index is 13.3. The largest absolute Gasteiger partial charge is 0.573 e. The molecule has 1 aliphatic heterocycles. The fourth-order valence-corrected chi connectivity index (χ4v) is 4.34. The van der Waals surface area contributed by atoms with Crippen molar-refractivity contribution in [2.24, 2.45) is 5.73 Å². The zero-order chi connectivity index (χ0) is 24.8. The number of ketones is 1. The number of Topliss-reactive ketones (excluding diaryl/α,β-unsaturated/α-hetero) is 1. The Balaban J connectivity index is 1.44. The van der Waals surface area contributed by atoms with Crippen molar-refractivity contribution in [1.29, 1.82) is 0 Å². The van der Waals surface area contributed by atoms with Gasteiger partial charge in [-0.3, -0.25) is 9.59 Å². The van der Waals surface area contributed by atoms with Crippen LogP contribution in [0.1, 0.15) is 34.3 Å². The molecule has 3 aromatic carbocycles. The van der Waals surface area contributed by atoms with Crippen LogP contribution in [-0.4, -0.2) is 24.8 Å². The Morgan fingerprint density at radius 3 is 2.31 bits per heavy atom. The summed E-state index contributed by atoms with van der Waals surface area (Å²) in [6, 6.07) is 15.4. The van der Waals surface area contributed by atoms with E-state index in [1.807, 2.05) is 12.1 Å². The van der Waals surface area contributed by atoms with Crippen molar-refractivity contribution >= 4 is 11.7 Å². The van der Waals surface area contributed by atoms with Crippen molar-refractivity contribution in [1.82, 2.24) is 0 Å². The van der Waals surface area contributed by atoms with Crippen LogP contribution in [0, 0.1) is 0 Å². The van der Waals surface area contributed by atoms with Gasteiger partial charge in [0.2, 0.25) is 12.7 Å². The van der Waals surface area contributed by atoms with E-state index in [0.717, 1.165) is 5.56 Å². The first kappa shape index (κ1) is 22.8. The summed E-state index contributed by atoms with van der Waals surface area (Å²) in [5.74, 6) is 0.135. The van der Waals surface area contributed by atoms with Crippen LogP contribution in [-0.2, 0) is 16.6 Å². The molecule has 5 rings (SSSR count). The molecular formula is C26H20F3NO5. The number of fused-ring (bicyclic) bond motifs is 1. The van der Waals surface area contributed by atoms with E-state index in [4.69, 9.17) is 15.2 Å². The van der Waals surface area contributed by atoms with Gasteiger partial charge in [0, 0.05) is 17.5 Å². The molecule has 1 fully saturated rings. The summed E-state index contributed by atoms with van der Waals surface area (Å²) in [7, 11) is 0. The first-order chi connectivity index (χ1) is 16.6. The average molecular weight is 483 g/mol. The number of benzene rings is 3. The van der Waals surface area contributed by atoms with E-state index in [1.54, 1.807) is 6.07 Å². The summed E-state index contributed by atoms with van der Waals surface area (Å²) in [5, 5.41) is 0. The number of alkyl halides is 3. The smallest absolute Gasteiger partial charge is 0.454 e. The minimum absolute atomic E-state index is 0.0316. The molecule has 1 heterocycles. The minimum Gasteiger partial charge on any atom is -0.454 e. The fraction of sp³-hybridized carbons (Fsp3) is 0.231. The first-order valence-electron chi connectivity index (χ1n) is 10.9. The van der Waals surface area contributed by atoms with Crippen molar-refractivity contribution in [3.63, 3.8) is 0 Å². The standard InChI is InChI=1S/C26H20F3NO5/c27-26(28,29)35-20-7-1-15(11-19(20)16-2-4-17(5-3-16)24(30)32)12-23(31)25(9-10-25)18-6-8-21-22(13-18)34-14-33-21/h1-8,11,13H,9-10,12,14H2,(H2,30,32). The number of carbonyl (C=O) groups excluding carboxylic acids is 2. The highest BCUT2D eigenvalue weighted by Gasteiger charge is 2.50. The fourth-order valence-electron chi connectivity index (χ4n) is 4.34. The molecule has 0 atom stereocenters. The molecule has 35 heavy (non-hydrogen) atoms. The number of rotatable bonds is 7. The van der Waals surface area contributed by atoms with Crippen molar-refractivity contribution < 1.29 is 37.0 Å². The normalized spacial score (nSPS) is 15.5. The van der Waals surface area contributed by atoms with Crippen molar-refractivity contribution in [2.75, 3.05) is 6.79 Å². The lowest BCUT2D eigenvalue weighted by atomic mass is 9.87. The highest BCUT2D eigenvalue weighted by Crippen LogP contribution is 2.51. The van der Waals surface area contributed by atoms with Gasteiger partial charge in [-0.1, -0.05) is 24.3 Å². The molecule has 0 spiro atoms. The van der Waals surface area contributed by atoms with Crippen molar-refractivity contribution in [3.05, 3.63) is 77.4 Å². The van der Waals surface area contributed by atoms with E-state index in [-0.39, 0.29) is 30.1 Å². The zero-order valence-corrected chi connectivity index (χ0v) is 18.4. The van der Waals surface area contributed by atoms with Crippen LogP contribution in [0.4, 0.5) is 13.2 Å². The Labute approximate surface area is 198 Å². The van der Waals surface area contributed by atoms with Gasteiger partial charge in [-0.25, -0.2) is 0 Å². The van der Waals surface area contributed by atoms with E-state index in [0.29, 0.717) is 35.5 Å². The maximum absolute atomic E-state index is 13.3. The monoisotopic (exact) mass is 483 g/mol. The predicted molar refractivity (Wildman–Crippen MR) is 119 cm³/mol. The number of hydrogen-bond donors (Lipinski definition) is 1. The number of carbonyl (C=O) groups is 2. The molecule has 1 amide bonds. The van der Waals surface area contributed by atoms with Gasteiger partial charge in [-0.2, -0.15) is 0 Å². The quantitative estimate of drug-likeness (QED) is 0.515. The molecule has 0 bridgehead atoms.